The maximum absolute atomic E-state index is 3.85. The van der Waals surface area contributed by atoms with E-state index < -0.39 is 0 Å². The summed E-state index contributed by atoms with van der Waals surface area (Å²) < 4.78 is 0. The average Bonchev–Trinajstić information content (AvgIpc) is 3.53. The normalized spacial score (nSPS) is 15.4. The average molecular weight is 572 g/mol. The second-order valence-electron chi connectivity index (χ2n) is 9.37. The van der Waals surface area contributed by atoms with E-state index in [1.54, 1.807) is 5.57 Å². The summed E-state index contributed by atoms with van der Waals surface area (Å²) in [6.45, 7) is 0. The Bertz CT molecular complexity index is 1620. The van der Waals surface area contributed by atoms with E-state index in [1.165, 1.54) is 91.9 Å². The van der Waals surface area contributed by atoms with Crippen molar-refractivity contribution in [3.05, 3.63) is 100 Å². The molecule has 4 aromatic rings. The molecule has 0 spiro atoms. The molecule has 171 valence electrons. The first-order valence-electron chi connectivity index (χ1n) is 12.0. The predicted molar refractivity (Wildman–Crippen MR) is 137 cm³/mol. The Morgan fingerprint density at radius 1 is 0.629 bits per heavy atom. The van der Waals surface area contributed by atoms with E-state index in [4.69, 9.17) is 0 Å². The monoisotopic (exact) mass is 569 g/mol. The summed E-state index contributed by atoms with van der Waals surface area (Å²) in [4.78, 5) is 0. The largest absolute Gasteiger partial charge is 3.00 e. The Balaban J connectivity index is 0.000000963. The minimum absolute atomic E-state index is 0. The Morgan fingerprint density at radius 3 is 1.97 bits per heavy atom. The molecule has 7 rings (SSSR count). The van der Waals surface area contributed by atoms with Gasteiger partial charge in [-0.1, -0.05) is 101 Å². The third-order valence-corrected chi connectivity index (χ3v) is 7.58. The fourth-order valence-electron chi connectivity index (χ4n) is 6.14. The zero-order chi connectivity index (χ0) is 21.1. The Hall–Kier alpha value is -1.92. The Morgan fingerprint density at radius 2 is 1.29 bits per heavy atom. The van der Waals surface area contributed by atoms with Gasteiger partial charge in [0, 0.05) is 0 Å². The minimum Gasteiger partial charge on any atom is -1.00 e. The molecule has 0 heterocycles. The molecule has 0 N–H and O–H groups in total. The summed E-state index contributed by atoms with van der Waals surface area (Å²) in [5.41, 5.74) is 8.65. The SMILES string of the molecule is [C-]1=c2ccc(=C3CCCCC3)c(C3=CC=CC3)c2-c2c1c1ccccc1c1ccccc21.[Cl-].[Cl-].[Zr+3]. The van der Waals surface area contributed by atoms with Crippen molar-refractivity contribution < 1.29 is 51.0 Å². The van der Waals surface area contributed by atoms with E-state index in [0.717, 1.165) is 6.42 Å². The second kappa shape index (κ2) is 10.6. The van der Waals surface area contributed by atoms with Gasteiger partial charge in [-0.3, -0.25) is 0 Å². The van der Waals surface area contributed by atoms with Crippen molar-refractivity contribution in [3.8, 4) is 11.1 Å². The van der Waals surface area contributed by atoms with Crippen molar-refractivity contribution in [2.75, 3.05) is 0 Å². The summed E-state index contributed by atoms with van der Waals surface area (Å²) >= 11 is 0. The van der Waals surface area contributed by atoms with Gasteiger partial charge in [-0.2, -0.15) is 0 Å². The molecule has 0 saturated heterocycles. The molecule has 0 unspecified atom stereocenters. The Kier molecular flexibility index (Phi) is 7.92. The molecule has 0 aromatic heterocycles. The van der Waals surface area contributed by atoms with Gasteiger partial charge in [0.1, 0.15) is 0 Å². The van der Waals surface area contributed by atoms with Gasteiger partial charge in [0.25, 0.3) is 0 Å². The second-order valence-corrected chi connectivity index (χ2v) is 9.37. The van der Waals surface area contributed by atoms with Gasteiger partial charge in [-0.15, -0.1) is 28.5 Å². The molecule has 4 aromatic carbocycles. The topological polar surface area (TPSA) is 0 Å². The van der Waals surface area contributed by atoms with E-state index in [2.05, 4.69) is 85.0 Å². The maximum atomic E-state index is 3.85. The number of rotatable bonds is 1. The molecule has 1 radical (unpaired) electrons. The van der Waals surface area contributed by atoms with Crippen LogP contribution in [0.4, 0.5) is 0 Å². The van der Waals surface area contributed by atoms with Crippen LogP contribution >= 0.6 is 0 Å². The van der Waals surface area contributed by atoms with Crippen LogP contribution in [0.3, 0.4) is 0 Å². The van der Waals surface area contributed by atoms with Crippen molar-refractivity contribution in [3.63, 3.8) is 0 Å². The van der Waals surface area contributed by atoms with Crippen molar-refractivity contribution >= 4 is 38.8 Å². The van der Waals surface area contributed by atoms with E-state index in [1.807, 2.05) is 0 Å². The van der Waals surface area contributed by atoms with Crippen LogP contribution in [0.25, 0.3) is 49.9 Å². The summed E-state index contributed by atoms with van der Waals surface area (Å²) in [5, 5.41) is 8.08. The van der Waals surface area contributed by atoms with Crippen LogP contribution in [0, 0.1) is 0 Å². The zero-order valence-corrected chi connectivity index (χ0v) is 23.5. The van der Waals surface area contributed by atoms with Gasteiger partial charge in [0.15, 0.2) is 0 Å². The van der Waals surface area contributed by atoms with Crippen LogP contribution in [0.1, 0.15) is 49.7 Å². The molecular formula is C32H25Cl2Zr. The molecule has 3 heteroatoms. The summed E-state index contributed by atoms with van der Waals surface area (Å²) in [6, 6.07) is 22.5. The smallest absolute Gasteiger partial charge is 1.00 e. The van der Waals surface area contributed by atoms with Crippen LogP contribution < -0.4 is 35.3 Å². The number of hydrogen-bond acceptors (Lipinski definition) is 0. The predicted octanol–water partition coefficient (Wildman–Crippen LogP) is 1.14. The molecule has 1 fully saturated rings. The number of hydrogen-bond donors (Lipinski definition) is 0. The van der Waals surface area contributed by atoms with Crippen LogP contribution in [0.5, 0.6) is 0 Å². The molecule has 0 amide bonds. The van der Waals surface area contributed by atoms with Gasteiger partial charge < -0.3 is 24.8 Å². The van der Waals surface area contributed by atoms with Gasteiger partial charge in [-0.05, 0) is 59.2 Å². The minimum atomic E-state index is 0. The van der Waals surface area contributed by atoms with Crippen LogP contribution in [0.2, 0.25) is 0 Å². The molecule has 0 atom stereocenters. The van der Waals surface area contributed by atoms with Crippen molar-refractivity contribution in [2.45, 2.75) is 38.5 Å². The van der Waals surface area contributed by atoms with E-state index in [9.17, 15) is 0 Å². The molecule has 35 heavy (non-hydrogen) atoms. The van der Waals surface area contributed by atoms with Crippen molar-refractivity contribution in [1.82, 2.24) is 0 Å². The quantitative estimate of drug-likeness (QED) is 0.209. The maximum Gasteiger partial charge on any atom is 3.00 e. The molecular weight excluding hydrogens is 546 g/mol. The first-order valence-corrected chi connectivity index (χ1v) is 12.0. The standard InChI is InChI=1S/C32H25.2ClH.Zr/c1-2-10-21(11-3-1)24-19-18-23-20-29-27-16-7-6-14-25(27)26-15-8-9-17-28(26)32(29)31(23)30(24)22-12-4-5-13-22;;;/h4-9,12,14-19H,1-3,10-11,13H2;2*1H;/q-1;;;+3/p-2. The van der Waals surface area contributed by atoms with Gasteiger partial charge >= 0.3 is 26.2 Å². The van der Waals surface area contributed by atoms with Crippen molar-refractivity contribution in [2.24, 2.45) is 0 Å². The fraction of sp³-hybridized carbons (Fsp3) is 0.188. The van der Waals surface area contributed by atoms with E-state index >= 15 is 0 Å². The van der Waals surface area contributed by atoms with Crippen LogP contribution in [-0.4, -0.2) is 0 Å². The summed E-state index contributed by atoms with van der Waals surface area (Å²) in [5.74, 6) is 0. The number of benzene rings is 4. The van der Waals surface area contributed by atoms with Crippen LogP contribution in [0.15, 0.2) is 78.9 Å². The van der Waals surface area contributed by atoms with Gasteiger partial charge in [0.2, 0.25) is 0 Å². The molecule has 1 saturated carbocycles. The third kappa shape index (κ3) is 4.11. The zero-order valence-electron chi connectivity index (χ0n) is 19.5. The number of fused-ring (bicyclic) bond motifs is 8. The molecule has 0 nitrogen and oxygen atoms in total. The molecule has 3 aliphatic rings. The first kappa shape index (κ1) is 26.2. The molecule has 3 aliphatic carbocycles. The van der Waals surface area contributed by atoms with E-state index in [-0.39, 0.29) is 51.0 Å². The van der Waals surface area contributed by atoms with Crippen LogP contribution in [-0.2, 0) is 26.2 Å². The van der Waals surface area contributed by atoms with Gasteiger partial charge in [-0.25, -0.2) is 0 Å². The summed E-state index contributed by atoms with van der Waals surface area (Å²) in [6.07, 6.45) is 18.2. The van der Waals surface area contributed by atoms with Gasteiger partial charge in [0.05, 0.1) is 0 Å². The third-order valence-electron chi connectivity index (χ3n) is 7.58. The number of halogens is 2. The Labute approximate surface area is 238 Å². The fourth-order valence-corrected chi connectivity index (χ4v) is 6.14. The molecule has 0 bridgehead atoms. The molecule has 0 aliphatic heterocycles. The first-order chi connectivity index (χ1) is 15.9. The van der Waals surface area contributed by atoms with E-state index in [0.29, 0.717) is 0 Å². The summed E-state index contributed by atoms with van der Waals surface area (Å²) in [7, 11) is 0. The van der Waals surface area contributed by atoms with Crippen molar-refractivity contribution in [1.29, 1.82) is 0 Å². The number of allylic oxidation sites excluding steroid dienone is 4.